The molecule has 98 valence electrons. The molecule has 0 spiro atoms. The molecule has 0 aromatic heterocycles. The van der Waals surface area contributed by atoms with E-state index >= 15 is 0 Å². The van der Waals surface area contributed by atoms with Crippen LogP contribution in [0.4, 0.5) is 5.69 Å². The third-order valence-electron chi connectivity index (χ3n) is 3.37. The molecule has 0 bridgehead atoms. The summed E-state index contributed by atoms with van der Waals surface area (Å²) in [6.45, 7) is 3.92. The number of rotatable bonds is 3. The van der Waals surface area contributed by atoms with E-state index in [-0.39, 0.29) is 11.8 Å². The van der Waals surface area contributed by atoms with Crippen LogP contribution >= 0.6 is 15.9 Å². The molecule has 2 rings (SSSR count). The summed E-state index contributed by atoms with van der Waals surface area (Å²) in [7, 11) is 0. The van der Waals surface area contributed by atoms with Gasteiger partial charge in [-0.1, -0.05) is 22.9 Å². The van der Waals surface area contributed by atoms with Crippen LogP contribution in [-0.2, 0) is 11.2 Å². The highest BCUT2D eigenvalue weighted by Gasteiger charge is 2.21. The zero-order valence-corrected chi connectivity index (χ0v) is 12.2. The first-order chi connectivity index (χ1) is 8.70. The van der Waals surface area contributed by atoms with Gasteiger partial charge in [-0.15, -0.1) is 0 Å². The van der Waals surface area contributed by atoms with Gasteiger partial charge in [-0.2, -0.15) is 0 Å². The van der Waals surface area contributed by atoms with Crippen molar-refractivity contribution in [3.63, 3.8) is 0 Å². The summed E-state index contributed by atoms with van der Waals surface area (Å²) in [5.74, 6) is 0.242. The van der Waals surface area contributed by atoms with Crippen LogP contribution in [0.1, 0.15) is 25.3 Å². The first kappa shape index (κ1) is 13.6. The number of benzene rings is 1. The van der Waals surface area contributed by atoms with E-state index in [4.69, 9.17) is 0 Å². The number of anilines is 1. The summed E-state index contributed by atoms with van der Waals surface area (Å²) in [4.78, 5) is 12.2. The Hall–Kier alpha value is -0.870. The van der Waals surface area contributed by atoms with Crippen LogP contribution in [0, 0.1) is 5.92 Å². The molecule has 1 aromatic rings. The minimum atomic E-state index is 0.104. The van der Waals surface area contributed by atoms with Crippen molar-refractivity contribution in [3.8, 4) is 0 Å². The molecule has 3 nitrogen and oxygen atoms in total. The van der Waals surface area contributed by atoms with Crippen molar-refractivity contribution in [1.29, 1.82) is 0 Å². The highest BCUT2D eigenvalue weighted by Crippen LogP contribution is 2.23. The summed E-state index contributed by atoms with van der Waals surface area (Å²) in [6.07, 6.45) is 2.98. The lowest BCUT2D eigenvalue weighted by molar-refractivity contribution is -0.120. The largest absolute Gasteiger partial charge is 0.326 e. The molecule has 1 aliphatic rings. The average molecular weight is 311 g/mol. The Morgan fingerprint density at radius 3 is 3.06 bits per heavy atom. The van der Waals surface area contributed by atoms with Crippen LogP contribution < -0.4 is 10.6 Å². The molecule has 4 heteroatoms. The van der Waals surface area contributed by atoms with Gasteiger partial charge in [0.25, 0.3) is 0 Å². The normalized spacial score (nSPS) is 19.6. The van der Waals surface area contributed by atoms with Crippen LogP contribution in [0.5, 0.6) is 0 Å². The molecule has 0 saturated carbocycles. The van der Waals surface area contributed by atoms with Gasteiger partial charge in [0.05, 0.1) is 5.92 Å². The van der Waals surface area contributed by atoms with Gasteiger partial charge < -0.3 is 10.6 Å². The van der Waals surface area contributed by atoms with Gasteiger partial charge >= 0.3 is 0 Å². The quantitative estimate of drug-likeness (QED) is 0.901. The third kappa shape index (κ3) is 3.33. The van der Waals surface area contributed by atoms with Crippen molar-refractivity contribution in [3.05, 3.63) is 28.2 Å². The summed E-state index contributed by atoms with van der Waals surface area (Å²) < 4.78 is 1.05. The second-order valence-corrected chi connectivity index (χ2v) is 5.60. The second kappa shape index (κ2) is 6.34. The van der Waals surface area contributed by atoms with E-state index in [1.54, 1.807) is 0 Å². The molecular weight excluding hydrogens is 292 g/mol. The Labute approximate surface area is 116 Å². The number of aryl methyl sites for hydroxylation is 1. The van der Waals surface area contributed by atoms with E-state index < -0.39 is 0 Å². The average Bonchev–Trinajstić information content (AvgIpc) is 2.41. The van der Waals surface area contributed by atoms with Crippen LogP contribution in [0.2, 0.25) is 0 Å². The third-order valence-corrected chi connectivity index (χ3v) is 3.87. The molecule has 18 heavy (non-hydrogen) atoms. The van der Waals surface area contributed by atoms with Gasteiger partial charge in [-0.3, -0.25) is 4.79 Å². The minimum absolute atomic E-state index is 0.104. The summed E-state index contributed by atoms with van der Waals surface area (Å²) in [6, 6.07) is 6.00. The summed E-state index contributed by atoms with van der Waals surface area (Å²) in [5.41, 5.74) is 2.11. The number of amides is 1. The number of carbonyl (C=O) groups is 1. The van der Waals surface area contributed by atoms with E-state index in [0.717, 1.165) is 42.5 Å². The Morgan fingerprint density at radius 2 is 2.39 bits per heavy atom. The van der Waals surface area contributed by atoms with Crippen molar-refractivity contribution in [2.45, 2.75) is 26.2 Å². The maximum atomic E-state index is 12.2. The second-order valence-electron chi connectivity index (χ2n) is 4.69. The molecular formula is C14H19BrN2O. The fraction of sp³-hybridized carbons (Fsp3) is 0.500. The Bertz CT molecular complexity index is 428. The molecule has 0 radical (unpaired) electrons. The van der Waals surface area contributed by atoms with Crippen LogP contribution in [0.3, 0.4) is 0 Å². The van der Waals surface area contributed by atoms with Crippen molar-refractivity contribution in [2.24, 2.45) is 5.92 Å². The highest BCUT2D eigenvalue weighted by molar-refractivity contribution is 9.10. The monoisotopic (exact) mass is 310 g/mol. The number of halogens is 1. The molecule has 0 unspecified atom stereocenters. The first-order valence-corrected chi connectivity index (χ1v) is 7.30. The lowest BCUT2D eigenvalue weighted by Gasteiger charge is -2.22. The van der Waals surface area contributed by atoms with Crippen molar-refractivity contribution >= 4 is 27.5 Å². The zero-order valence-electron chi connectivity index (χ0n) is 10.6. The van der Waals surface area contributed by atoms with Crippen molar-refractivity contribution in [2.75, 3.05) is 18.4 Å². The van der Waals surface area contributed by atoms with E-state index in [2.05, 4.69) is 39.6 Å². The molecule has 1 atom stereocenters. The van der Waals surface area contributed by atoms with Gasteiger partial charge in [-0.05, 0) is 49.6 Å². The van der Waals surface area contributed by atoms with Gasteiger partial charge in [0, 0.05) is 16.7 Å². The Balaban J connectivity index is 2.06. The number of nitrogens with one attached hydrogen (secondary N) is 2. The smallest absolute Gasteiger partial charge is 0.228 e. The van der Waals surface area contributed by atoms with Gasteiger partial charge in [-0.25, -0.2) is 0 Å². The van der Waals surface area contributed by atoms with E-state index in [1.165, 1.54) is 5.56 Å². The minimum Gasteiger partial charge on any atom is -0.326 e. The fourth-order valence-corrected chi connectivity index (χ4v) is 2.70. The number of piperidine rings is 1. The highest BCUT2D eigenvalue weighted by atomic mass is 79.9. The fourth-order valence-electron chi connectivity index (χ4n) is 2.29. The van der Waals surface area contributed by atoms with Crippen molar-refractivity contribution < 1.29 is 4.79 Å². The van der Waals surface area contributed by atoms with Gasteiger partial charge in [0.1, 0.15) is 0 Å². The lowest BCUT2D eigenvalue weighted by Crippen LogP contribution is -2.37. The summed E-state index contributed by atoms with van der Waals surface area (Å²) >= 11 is 3.46. The molecule has 1 fully saturated rings. The maximum Gasteiger partial charge on any atom is 0.228 e. The Morgan fingerprint density at radius 1 is 1.56 bits per heavy atom. The molecule has 1 aliphatic heterocycles. The van der Waals surface area contributed by atoms with Gasteiger partial charge in [0.2, 0.25) is 5.91 Å². The number of carbonyl (C=O) groups excluding carboxylic acids is 1. The van der Waals surface area contributed by atoms with Crippen LogP contribution in [0.25, 0.3) is 0 Å². The zero-order chi connectivity index (χ0) is 13.0. The maximum absolute atomic E-state index is 12.2. The molecule has 1 heterocycles. The predicted octanol–water partition coefficient (Wildman–Crippen LogP) is 2.95. The van der Waals surface area contributed by atoms with E-state index in [0.29, 0.717) is 0 Å². The molecule has 1 amide bonds. The SMILES string of the molecule is CCc1cc(Br)ccc1NC(=O)[C@@H]1CCCNC1. The Kier molecular flexibility index (Phi) is 4.78. The first-order valence-electron chi connectivity index (χ1n) is 6.50. The molecule has 2 N–H and O–H groups in total. The molecule has 0 aliphatic carbocycles. The lowest BCUT2D eigenvalue weighted by atomic mass is 9.98. The summed E-state index contributed by atoms with van der Waals surface area (Å²) in [5, 5.41) is 6.33. The van der Waals surface area contributed by atoms with Gasteiger partial charge in [0.15, 0.2) is 0 Å². The van der Waals surface area contributed by atoms with Crippen molar-refractivity contribution in [1.82, 2.24) is 5.32 Å². The van der Waals surface area contributed by atoms with E-state index in [1.807, 2.05) is 12.1 Å². The molecule has 1 aromatic carbocycles. The standard InChI is InChI=1S/C14H19BrN2O/c1-2-10-8-12(15)5-6-13(10)17-14(18)11-4-3-7-16-9-11/h5-6,8,11,16H,2-4,7,9H2,1H3,(H,17,18)/t11-/m1/s1. The van der Waals surface area contributed by atoms with Crippen LogP contribution in [-0.4, -0.2) is 19.0 Å². The predicted molar refractivity (Wildman–Crippen MR) is 77.7 cm³/mol. The molecule has 1 saturated heterocycles. The number of hydrogen-bond acceptors (Lipinski definition) is 2. The van der Waals surface area contributed by atoms with Crippen LogP contribution in [0.15, 0.2) is 22.7 Å². The topological polar surface area (TPSA) is 41.1 Å². The number of hydrogen-bond donors (Lipinski definition) is 2. The van der Waals surface area contributed by atoms with E-state index in [9.17, 15) is 4.79 Å².